The second-order valence-electron chi connectivity index (χ2n) is 8.96. The van der Waals surface area contributed by atoms with Gasteiger partial charge >= 0.3 is 6.09 Å². The summed E-state index contributed by atoms with van der Waals surface area (Å²) >= 11 is 0. The molecule has 0 spiro atoms. The number of nitrogens with zero attached hydrogens (tertiary/aromatic N) is 3. The van der Waals surface area contributed by atoms with Gasteiger partial charge in [-0.1, -0.05) is 56.3 Å². The van der Waals surface area contributed by atoms with E-state index in [4.69, 9.17) is 4.74 Å². The average Bonchev–Trinajstić information content (AvgIpc) is 3.04. The van der Waals surface area contributed by atoms with Crippen LogP contribution in [0.1, 0.15) is 41.8 Å². The fourth-order valence-electron chi connectivity index (χ4n) is 3.88. The second kappa shape index (κ2) is 11.7. The van der Waals surface area contributed by atoms with Crippen molar-refractivity contribution in [1.82, 2.24) is 14.7 Å². The molecular weight excluding hydrogens is 402 g/mol. The van der Waals surface area contributed by atoms with Crippen molar-refractivity contribution in [3.05, 3.63) is 71.3 Å². The van der Waals surface area contributed by atoms with Crippen LogP contribution in [0.3, 0.4) is 0 Å². The number of rotatable bonds is 7. The van der Waals surface area contributed by atoms with Gasteiger partial charge in [-0.05, 0) is 42.6 Å². The van der Waals surface area contributed by atoms with Gasteiger partial charge in [0.1, 0.15) is 0 Å². The molecule has 1 fully saturated rings. The predicted octanol–water partition coefficient (Wildman–Crippen LogP) is 4.26. The monoisotopic (exact) mass is 437 g/mol. The van der Waals surface area contributed by atoms with E-state index in [0.717, 1.165) is 25.1 Å². The zero-order valence-corrected chi connectivity index (χ0v) is 19.5. The van der Waals surface area contributed by atoms with Gasteiger partial charge in [0.05, 0.1) is 6.61 Å². The van der Waals surface area contributed by atoms with Gasteiger partial charge < -0.3 is 14.5 Å². The smallest absolute Gasteiger partial charge is 0.409 e. The highest BCUT2D eigenvalue weighted by atomic mass is 16.6. The molecule has 6 heteroatoms. The quantitative estimate of drug-likeness (QED) is 0.650. The third-order valence-electron chi connectivity index (χ3n) is 5.50. The zero-order chi connectivity index (χ0) is 22.9. The molecule has 172 valence electrons. The van der Waals surface area contributed by atoms with Gasteiger partial charge in [0.15, 0.2) is 0 Å². The highest BCUT2D eigenvalue weighted by Gasteiger charge is 2.24. The van der Waals surface area contributed by atoms with Crippen LogP contribution in [0, 0.1) is 5.92 Å². The van der Waals surface area contributed by atoms with Crippen LogP contribution in [0.25, 0.3) is 0 Å². The molecular formula is C26H35N3O3. The second-order valence-corrected chi connectivity index (χ2v) is 8.96. The van der Waals surface area contributed by atoms with Crippen molar-refractivity contribution in [2.24, 2.45) is 5.92 Å². The maximum absolute atomic E-state index is 13.2. The van der Waals surface area contributed by atoms with Crippen LogP contribution in [0.15, 0.2) is 54.6 Å². The number of benzene rings is 2. The molecule has 1 aliphatic rings. The van der Waals surface area contributed by atoms with Crippen LogP contribution in [-0.4, -0.2) is 66.5 Å². The van der Waals surface area contributed by atoms with Crippen molar-refractivity contribution in [1.29, 1.82) is 0 Å². The van der Waals surface area contributed by atoms with Crippen molar-refractivity contribution < 1.29 is 14.3 Å². The fraction of sp³-hybridized carbons (Fsp3) is 0.462. The van der Waals surface area contributed by atoms with Crippen LogP contribution < -0.4 is 0 Å². The highest BCUT2D eigenvalue weighted by Crippen LogP contribution is 2.14. The first kappa shape index (κ1) is 23.8. The Morgan fingerprint density at radius 2 is 1.56 bits per heavy atom. The number of carbonyl (C=O) groups is 2. The van der Waals surface area contributed by atoms with E-state index in [1.54, 1.807) is 4.90 Å². The Labute approximate surface area is 191 Å². The summed E-state index contributed by atoms with van der Waals surface area (Å²) in [5.41, 5.74) is 3.08. The lowest BCUT2D eigenvalue weighted by Crippen LogP contribution is -2.38. The zero-order valence-electron chi connectivity index (χ0n) is 19.5. The normalized spacial score (nSPS) is 14.5. The minimum absolute atomic E-state index is 0.0231. The highest BCUT2D eigenvalue weighted by molar-refractivity contribution is 5.94. The van der Waals surface area contributed by atoms with Crippen molar-refractivity contribution in [2.45, 2.75) is 33.4 Å². The van der Waals surface area contributed by atoms with Crippen molar-refractivity contribution in [3.63, 3.8) is 0 Å². The number of ether oxygens (including phenoxy) is 1. The van der Waals surface area contributed by atoms with E-state index >= 15 is 0 Å². The first-order chi connectivity index (χ1) is 15.4. The topological polar surface area (TPSA) is 53.1 Å². The van der Waals surface area contributed by atoms with Crippen LogP contribution >= 0.6 is 0 Å². The molecule has 6 nitrogen and oxygen atoms in total. The molecule has 0 N–H and O–H groups in total. The summed E-state index contributed by atoms with van der Waals surface area (Å²) in [4.78, 5) is 31.2. The Bertz CT molecular complexity index is 885. The molecule has 2 aromatic rings. The Balaban J connectivity index is 1.56. The summed E-state index contributed by atoms with van der Waals surface area (Å²) in [6.45, 7) is 8.36. The van der Waals surface area contributed by atoms with Gasteiger partial charge in [0, 0.05) is 44.8 Å². The van der Waals surface area contributed by atoms with Gasteiger partial charge in [-0.25, -0.2) is 4.79 Å². The van der Waals surface area contributed by atoms with Crippen molar-refractivity contribution in [2.75, 3.05) is 39.8 Å². The maximum atomic E-state index is 13.2. The minimum Gasteiger partial charge on any atom is -0.449 e. The third kappa shape index (κ3) is 7.09. The van der Waals surface area contributed by atoms with Crippen LogP contribution in [0.4, 0.5) is 4.79 Å². The molecule has 32 heavy (non-hydrogen) atoms. The molecule has 0 aliphatic carbocycles. The van der Waals surface area contributed by atoms with Crippen LogP contribution in [0.2, 0.25) is 0 Å². The molecule has 2 amide bonds. The van der Waals surface area contributed by atoms with Gasteiger partial charge in [-0.15, -0.1) is 0 Å². The summed E-state index contributed by atoms with van der Waals surface area (Å²) in [5.74, 6) is 0.331. The molecule has 0 aromatic heterocycles. The van der Waals surface area contributed by atoms with E-state index in [2.05, 4.69) is 42.3 Å². The molecule has 1 aliphatic heterocycles. The first-order valence-electron chi connectivity index (χ1n) is 11.4. The Hall–Kier alpha value is -2.86. The molecule has 0 atom stereocenters. The molecule has 0 saturated carbocycles. The Morgan fingerprint density at radius 1 is 0.906 bits per heavy atom. The predicted molar refractivity (Wildman–Crippen MR) is 126 cm³/mol. The average molecular weight is 438 g/mol. The lowest BCUT2D eigenvalue weighted by Gasteiger charge is -2.23. The van der Waals surface area contributed by atoms with Gasteiger partial charge in [0.2, 0.25) is 0 Å². The van der Waals surface area contributed by atoms with E-state index < -0.39 is 0 Å². The first-order valence-corrected chi connectivity index (χ1v) is 11.4. The van der Waals surface area contributed by atoms with Crippen LogP contribution in [0.5, 0.6) is 0 Å². The summed E-state index contributed by atoms with van der Waals surface area (Å²) < 4.78 is 5.35. The molecule has 3 rings (SSSR count). The van der Waals surface area contributed by atoms with E-state index in [1.807, 2.05) is 43.0 Å². The SMILES string of the molecule is CC(C)COC(=O)N1CCCN(C(=O)c2cccc(CN(C)Cc3ccccc3)c2)CC1. The van der Waals surface area contributed by atoms with Gasteiger partial charge in [-0.2, -0.15) is 0 Å². The number of hydrogen-bond donors (Lipinski definition) is 0. The summed E-state index contributed by atoms with van der Waals surface area (Å²) in [6, 6.07) is 18.2. The summed E-state index contributed by atoms with van der Waals surface area (Å²) in [5, 5.41) is 0. The molecule has 0 unspecified atom stereocenters. The lowest BCUT2D eigenvalue weighted by molar-refractivity contribution is 0.0746. The van der Waals surface area contributed by atoms with E-state index in [1.165, 1.54) is 5.56 Å². The van der Waals surface area contributed by atoms with Gasteiger partial charge in [-0.3, -0.25) is 9.69 Å². The standard InChI is InChI=1S/C26H35N3O3/c1-21(2)20-32-26(31)29-14-8-13-28(15-16-29)25(30)24-12-7-11-23(17-24)19-27(3)18-22-9-5-4-6-10-22/h4-7,9-12,17,21H,8,13-16,18-20H2,1-3H3. The molecule has 1 saturated heterocycles. The maximum Gasteiger partial charge on any atom is 0.409 e. The van der Waals surface area contributed by atoms with E-state index in [0.29, 0.717) is 44.3 Å². The third-order valence-corrected chi connectivity index (χ3v) is 5.50. The van der Waals surface area contributed by atoms with Crippen molar-refractivity contribution in [3.8, 4) is 0 Å². The largest absolute Gasteiger partial charge is 0.449 e. The molecule has 2 aromatic carbocycles. The van der Waals surface area contributed by atoms with E-state index in [-0.39, 0.29) is 12.0 Å². The number of carbonyl (C=O) groups excluding carboxylic acids is 2. The molecule has 0 radical (unpaired) electrons. The van der Waals surface area contributed by atoms with Gasteiger partial charge in [0.25, 0.3) is 5.91 Å². The number of hydrogen-bond acceptors (Lipinski definition) is 4. The molecule has 1 heterocycles. The summed E-state index contributed by atoms with van der Waals surface area (Å²) in [7, 11) is 2.09. The minimum atomic E-state index is -0.281. The van der Waals surface area contributed by atoms with E-state index in [9.17, 15) is 9.59 Å². The summed E-state index contributed by atoms with van der Waals surface area (Å²) in [6.07, 6.45) is 0.471. The number of amides is 2. The van der Waals surface area contributed by atoms with Crippen molar-refractivity contribution >= 4 is 12.0 Å². The Morgan fingerprint density at radius 3 is 2.31 bits per heavy atom. The molecule has 0 bridgehead atoms. The fourth-order valence-corrected chi connectivity index (χ4v) is 3.88. The van der Waals surface area contributed by atoms with Crippen LogP contribution in [-0.2, 0) is 17.8 Å². The Kier molecular flexibility index (Phi) is 8.68. The lowest BCUT2D eigenvalue weighted by atomic mass is 10.1.